The summed E-state index contributed by atoms with van der Waals surface area (Å²) in [6.07, 6.45) is 14.9. The van der Waals surface area contributed by atoms with Crippen molar-refractivity contribution in [3.63, 3.8) is 0 Å². The van der Waals surface area contributed by atoms with E-state index in [9.17, 15) is 0 Å². The Morgan fingerprint density at radius 3 is 2.50 bits per heavy atom. The third-order valence-electron chi connectivity index (χ3n) is 6.75. The lowest BCUT2D eigenvalue weighted by Gasteiger charge is -2.47. The van der Waals surface area contributed by atoms with Crippen molar-refractivity contribution in [1.82, 2.24) is 19.0 Å². The van der Waals surface area contributed by atoms with E-state index >= 15 is 0 Å². The Labute approximate surface area is 203 Å². The molecule has 0 aliphatic carbocycles. The maximum atomic E-state index is 4.34. The van der Waals surface area contributed by atoms with Gasteiger partial charge in [-0.05, 0) is 69.3 Å². The molecule has 1 spiro atoms. The van der Waals surface area contributed by atoms with Crippen LogP contribution in [-0.4, -0.2) is 96.0 Å². The van der Waals surface area contributed by atoms with E-state index in [4.69, 9.17) is 0 Å². The zero-order valence-electron chi connectivity index (χ0n) is 20.0. The standard InChI is InChI=1S/C20H31N5S2.C4H9N/c1-23-16-20(7-3-2-4-14-27-23)8-12-24(13-9-20)18-5-10-25(11-6-18)19-15-26-17-21-22-19;1-4-5(2)3/h2-4,14,17-18H,5-13,15-16H2,1H3;4H,1H2,2-3H3/b3-2-,14-4-;. The summed E-state index contributed by atoms with van der Waals surface area (Å²) in [6, 6.07) is 0.750. The van der Waals surface area contributed by atoms with Gasteiger partial charge in [-0.2, -0.15) is 5.10 Å². The molecule has 0 atom stereocenters. The van der Waals surface area contributed by atoms with Crippen molar-refractivity contribution < 1.29 is 0 Å². The number of thioether (sulfide) groups is 1. The van der Waals surface area contributed by atoms with Crippen LogP contribution in [0.1, 0.15) is 32.1 Å². The van der Waals surface area contributed by atoms with Crippen LogP contribution in [0.4, 0.5) is 0 Å². The molecule has 0 unspecified atom stereocenters. The minimum atomic E-state index is 0.452. The fourth-order valence-corrected chi connectivity index (χ4v) is 6.08. The first-order chi connectivity index (χ1) is 15.5. The lowest BCUT2D eigenvalue weighted by molar-refractivity contribution is 0.0465. The highest BCUT2D eigenvalue weighted by molar-refractivity contribution is 8.12. The Morgan fingerprint density at radius 2 is 1.88 bits per heavy atom. The van der Waals surface area contributed by atoms with E-state index in [1.165, 1.54) is 57.6 Å². The Hall–Kier alpha value is -1.22. The summed E-state index contributed by atoms with van der Waals surface area (Å²) in [5.41, 5.74) is 2.30. The summed E-state index contributed by atoms with van der Waals surface area (Å²) >= 11 is 3.59. The van der Waals surface area contributed by atoms with Crippen molar-refractivity contribution in [3.8, 4) is 0 Å². The molecule has 0 saturated carbocycles. The fraction of sp³-hybridized carbons (Fsp3) is 0.667. The van der Waals surface area contributed by atoms with E-state index in [2.05, 4.69) is 61.6 Å². The smallest absolute Gasteiger partial charge is 0.137 e. The lowest BCUT2D eigenvalue weighted by atomic mass is 9.75. The van der Waals surface area contributed by atoms with Gasteiger partial charge in [0.15, 0.2) is 0 Å². The molecule has 0 amide bonds. The molecule has 178 valence electrons. The Balaban J connectivity index is 0.000000523. The van der Waals surface area contributed by atoms with E-state index < -0.39 is 0 Å². The fourth-order valence-electron chi connectivity index (χ4n) is 4.79. The average Bonchev–Trinajstić information content (AvgIpc) is 2.91. The monoisotopic (exact) mass is 476 g/mol. The van der Waals surface area contributed by atoms with Crippen LogP contribution < -0.4 is 0 Å². The zero-order chi connectivity index (χ0) is 22.8. The summed E-state index contributed by atoms with van der Waals surface area (Å²) < 4.78 is 2.42. The normalized spacial score (nSPS) is 26.7. The van der Waals surface area contributed by atoms with E-state index in [1.54, 1.807) is 18.0 Å². The highest BCUT2D eigenvalue weighted by atomic mass is 32.2. The van der Waals surface area contributed by atoms with Gasteiger partial charge in [-0.15, -0.1) is 16.9 Å². The van der Waals surface area contributed by atoms with Crippen molar-refractivity contribution >= 4 is 35.1 Å². The van der Waals surface area contributed by atoms with Crippen LogP contribution in [0.15, 0.2) is 46.6 Å². The molecule has 0 radical (unpaired) electrons. The molecule has 4 rings (SSSR count). The van der Waals surface area contributed by atoms with E-state index in [1.807, 2.05) is 36.5 Å². The van der Waals surface area contributed by atoms with Crippen molar-refractivity contribution in [3.05, 3.63) is 36.4 Å². The Morgan fingerprint density at radius 1 is 1.16 bits per heavy atom. The quantitative estimate of drug-likeness (QED) is 0.551. The summed E-state index contributed by atoms with van der Waals surface area (Å²) in [4.78, 5) is 7.12. The molecule has 4 aliphatic rings. The molecule has 4 heterocycles. The SMILES string of the molecule is C=CN(C)C.CN1CC2(C/C=C\C=C/S1)CCN(C1CCN(C3=NN=CSC3)CC1)CC2. The van der Waals surface area contributed by atoms with Crippen molar-refractivity contribution in [1.29, 1.82) is 0 Å². The van der Waals surface area contributed by atoms with Crippen molar-refractivity contribution in [2.75, 3.05) is 59.6 Å². The van der Waals surface area contributed by atoms with E-state index in [-0.39, 0.29) is 0 Å². The minimum absolute atomic E-state index is 0.452. The number of allylic oxidation sites excluding steroid dienone is 3. The van der Waals surface area contributed by atoms with Gasteiger partial charge in [-0.3, -0.25) is 0 Å². The first kappa shape index (κ1) is 25.4. The van der Waals surface area contributed by atoms with Gasteiger partial charge in [0.2, 0.25) is 0 Å². The van der Waals surface area contributed by atoms with Crippen LogP contribution in [0.5, 0.6) is 0 Å². The summed E-state index contributed by atoms with van der Waals surface area (Å²) in [6.45, 7) is 9.46. The average molecular weight is 477 g/mol. The van der Waals surface area contributed by atoms with Crippen LogP contribution in [0.2, 0.25) is 0 Å². The lowest BCUT2D eigenvalue weighted by Crippen LogP contribution is -2.52. The first-order valence-corrected chi connectivity index (χ1v) is 13.6. The molecule has 2 fully saturated rings. The van der Waals surface area contributed by atoms with E-state index in [0.717, 1.165) is 24.9 Å². The maximum absolute atomic E-state index is 4.34. The molecular formula is C24H40N6S2. The predicted octanol–water partition coefficient (Wildman–Crippen LogP) is 4.37. The van der Waals surface area contributed by atoms with Crippen molar-refractivity contribution in [2.45, 2.75) is 38.1 Å². The second-order valence-corrected chi connectivity index (χ2v) is 11.2. The van der Waals surface area contributed by atoms with Crippen LogP contribution in [-0.2, 0) is 0 Å². The maximum Gasteiger partial charge on any atom is 0.137 e. The number of piperidine rings is 2. The van der Waals surface area contributed by atoms with Crippen LogP contribution in [0, 0.1) is 5.41 Å². The number of likely N-dealkylation sites (tertiary alicyclic amines) is 2. The highest BCUT2D eigenvalue weighted by Crippen LogP contribution is 2.39. The Bertz CT molecular complexity index is 701. The zero-order valence-corrected chi connectivity index (χ0v) is 21.7. The molecule has 6 nitrogen and oxygen atoms in total. The molecule has 8 heteroatoms. The molecule has 0 aromatic heterocycles. The van der Waals surface area contributed by atoms with Crippen LogP contribution in [0.3, 0.4) is 0 Å². The predicted molar refractivity (Wildman–Crippen MR) is 143 cm³/mol. The van der Waals surface area contributed by atoms with Gasteiger partial charge >= 0.3 is 0 Å². The number of amidine groups is 1. The largest absolute Gasteiger partial charge is 0.384 e. The molecule has 32 heavy (non-hydrogen) atoms. The van der Waals surface area contributed by atoms with E-state index in [0.29, 0.717) is 5.41 Å². The first-order valence-electron chi connectivity index (χ1n) is 11.7. The number of hydrogen-bond acceptors (Lipinski definition) is 8. The molecule has 2 saturated heterocycles. The molecule has 0 aromatic rings. The second kappa shape index (κ2) is 12.9. The van der Waals surface area contributed by atoms with Gasteiger partial charge in [-0.1, -0.05) is 36.8 Å². The summed E-state index contributed by atoms with van der Waals surface area (Å²) in [5, 5.41) is 10.6. The third-order valence-corrected chi connectivity index (χ3v) is 8.19. The molecular weight excluding hydrogens is 436 g/mol. The molecule has 4 aliphatic heterocycles. The van der Waals surface area contributed by atoms with Crippen LogP contribution in [0.25, 0.3) is 0 Å². The highest BCUT2D eigenvalue weighted by Gasteiger charge is 2.37. The topological polar surface area (TPSA) is 37.7 Å². The number of rotatable bonds is 2. The van der Waals surface area contributed by atoms with Gasteiger partial charge < -0.3 is 14.7 Å². The van der Waals surface area contributed by atoms with Gasteiger partial charge in [0.1, 0.15) is 5.84 Å². The molecule has 0 N–H and O–H groups in total. The van der Waals surface area contributed by atoms with Gasteiger partial charge in [0, 0.05) is 39.8 Å². The molecule has 0 aromatic carbocycles. The summed E-state index contributed by atoms with van der Waals surface area (Å²) in [5.74, 6) is 2.15. The van der Waals surface area contributed by atoms with Crippen molar-refractivity contribution in [2.24, 2.45) is 15.6 Å². The number of nitrogens with zero attached hydrogens (tertiary/aromatic N) is 6. The minimum Gasteiger partial charge on any atom is -0.384 e. The Kier molecular flexibility index (Phi) is 10.2. The van der Waals surface area contributed by atoms with Gasteiger partial charge in [-0.25, -0.2) is 4.31 Å². The van der Waals surface area contributed by atoms with Gasteiger partial charge in [0.05, 0.1) is 11.3 Å². The van der Waals surface area contributed by atoms with Gasteiger partial charge in [0.25, 0.3) is 0 Å². The summed E-state index contributed by atoms with van der Waals surface area (Å²) in [7, 11) is 6.11. The molecule has 0 bridgehead atoms. The van der Waals surface area contributed by atoms with Crippen LogP contribution >= 0.6 is 23.7 Å². The number of hydrogen-bond donors (Lipinski definition) is 0. The second-order valence-electron chi connectivity index (χ2n) is 9.30. The third kappa shape index (κ3) is 7.68.